The van der Waals surface area contributed by atoms with Crippen LogP contribution in [0.15, 0.2) is 30.3 Å². The average Bonchev–Trinajstić information content (AvgIpc) is 2.04. The van der Waals surface area contributed by atoms with Gasteiger partial charge in [-0.15, -0.1) is 0 Å². The van der Waals surface area contributed by atoms with Crippen molar-refractivity contribution >= 4 is 13.6 Å². The predicted molar refractivity (Wildman–Crippen MR) is 44.9 cm³/mol. The van der Waals surface area contributed by atoms with Crippen molar-refractivity contribution in [1.29, 1.82) is 0 Å². The second-order valence-corrected chi connectivity index (χ2v) is 6.02. The van der Waals surface area contributed by atoms with Crippen molar-refractivity contribution in [1.82, 2.24) is 0 Å². The Bertz CT molecular complexity index is 278. The van der Waals surface area contributed by atoms with Crippen LogP contribution in [0, 0.1) is 0 Å². The van der Waals surface area contributed by atoms with Crippen molar-refractivity contribution in [3.8, 4) is 0 Å². The first kappa shape index (κ1) is 10.2. The zero-order chi connectivity index (χ0) is 10.1. The van der Waals surface area contributed by atoms with Gasteiger partial charge in [0, 0.05) is 0 Å². The summed E-state index contributed by atoms with van der Waals surface area (Å²) in [7, 11) is -4.78. The first-order valence-corrected chi connectivity index (χ1v) is 6.04. The third-order valence-corrected chi connectivity index (χ3v) is 4.33. The molecule has 5 heteroatoms. The summed E-state index contributed by atoms with van der Waals surface area (Å²) in [5, 5.41) is -0.234. The van der Waals surface area contributed by atoms with Gasteiger partial charge in [0.05, 0.1) is 0 Å². The maximum absolute atomic E-state index is 13.3. The van der Waals surface area contributed by atoms with E-state index < -0.39 is 14.2 Å². The molecule has 0 radical (unpaired) electrons. The van der Waals surface area contributed by atoms with Crippen molar-refractivity contribution in [3.05, 3.63) is 30.3 Å². The lowest BCUT2D eigenvalue weighted by atomic mass is 10.4. The molecule has 13 heavy (non-hydrogen) atoms. The van der Waals surface area contributed by atoms with Gasteiger partial charge in [-0.1, -0.05) is 30.3 Å². The number of hydrogen-bond donors (Lipinski definition) is 0. The quantitative estimate of drug-likeness (QED) is 0.378. The van der Waals surface area contributed by atoms with E-state index in [0.717, 1.165) is 0 Å². The van der Waals surface area contributed by atoms with E-state index in [1.165, 1.54) is 24.3 Å². The zero-order valence-corrected chi connectivity index (χ0v) is 7.90. The van der Waals surface area contributed by atoms with Crippen LogP contribution in [0.25, 0.3) is 0 Å². The molecule has 0 aromatic heterocycles. The van der Waals surface area contributed by atoms with Gasteiger partial charge in [-0.2, -0.15) is 13.2 Å². The monoisotopic (exact) mass is 208 g/mol. The minimum atomic E-state index is -4.78. The maximum Gasteiger partial charge on any atom is 0.399 e. The van der Waals surface area contributed by atoms with Gasteiger partial charge < -0.3 is 0 Å². The minimum absolute atomic E-state index is 0.234. The van der Waals surface area contributed by atoms with Crippen molar-refractivity contribution in [2.75, 3.05) is 0 Å². The highest BCUT2D eigenvalue weighted by molar-refractivity contribution is 6.86. The normalized spacial score (nSPS) is 16.7. The van der Waals surface area contributed by atoms with E-state index in [9.17, 15) is 17.3 Å². The fourth-order valence-corrected chi connectivity index (χ4v) is 2.06. The molecule has 0 saturated heterocycles. The van der Waals surface area contributed by atoms with Crippen molar-refractivity contribution in [2.45, 2.75) is 12.3 Å². The highest BCUT2D eigenvalue weighted by Gasteiger charge is 2.57. The third kappa shape index (κ3) is 1.91. The van der Waals surface area contributed by atoms with Crippen LogP contribution in [0.1, 0.15) is 0 Å². The molecule has 0 N–H and O–H groups in total. The van der Waals surface area contributed by atoms with Crippen molar-refractivity contribution < 1.29 is 17.3 Å². The van der Waals surface area contributed by atoms with Crippen LogP contribution in [0.4, 0.5) is 17.3 Å². The van der Waals surface area contributed by atoms with E-state index in [2.05, 4.69) is 0 Å². The zero-order valence-electron chi connectivity index (χ0n) is 6.90. The van der Waals surface area contributed by atoms with Crippen molar-refractivity contribution in [3.63, 3.8) is 0 Å². The van der Waals surface area contributed by atoms with Crippen LogP contribution < -0.4 is 5.19 Å². The second-order valence-electron chi connectivity index (χ2n) is 2.87. The highest BCUT2D eigenvalue weighted by atomic mass is 28.4. The summed E-state index contributed by atoms with van der Waals surface area (Å²) in [5.74, 6) is -4.73. The van der Waals surface area contributed by atoms with Gasteiger partial charge in [0.1, 0.15) is 0 Å². The lowest BCUT2D eigenvalue weighted by molar-refractivity contribution is -0.0613. The molecule has 0 aliphatic heterocycles. The molecule has 1 atom stereocenters. The minimum Gasteiger partial charge on any atom is -0.297 e. The molecule has 1 unspecified atom stereocenters. The Kier molecular flexibility index (Phi) is 2.47. The molecule has 0 nitrogen and oxygen atoms in total. The molecule has 0 saturated carbocycles. The summed E-state index contributed by atoms with van der Waals surface area (Å²) in [6, 6.07) is 6.74. The molecule has 0 heterocycles. The summed E-state index contributed by atoms with van der Waals surface area (Å²) in [4.78, 5) is 0. The molecule has 0 aliphatic carbocycles. The summed E-state index contributed by atoms with van der Waals surface area (Å²) in [6.07, 6.45) is 0. The van der Waals surface area contributed by atoms with Gasteiger partial charge in [-0.25, -0.2) is 0 Å². The van der Waals surface area contributed by atoms with Crippen LogP contribution in [0.5, 0.6) is 0 Å². The largest absolute Gasteiger partial charge is 0.399 e. The van der Waals surface area contributed by atoms with Gasteiger partial charge in [-0.05, 0) is 11.7 Å². The van der Waals surface area contributed by atoms with Gasteiger partial charge in [0.25, 0.3) is 0 Å². The predicted octanol–water partition coefficient (Wildman–Crippen LogP) is 2.54. The first-order chi connectivity index (χ1) is 5.86. The molecular weight excluding hydrogens is 200 g/mol. The Hall–Kier alpha value is -0.843. The summed E-state index contributed by atoms with van der Waals surface area (Å²) < 4.78 is 50.0. The topological polar surface area (TPSA) is 0 Å². The Morgan fingerprint density at radius 3 is 1.92 bits per heavy atom. The SMILES string of the molecule is C[Si](F)(c1ccccc1)C(F)(F)F. The van der Waals surface area contributed by atoms with Crippen LogP contribution in [-0.4, -0.2) is 14.2 Å². The molecule has 72 valence electrons. The molecule has 0 amide bonds. The van der Waals surface area contributed by atoms with Gasteiger partial charge in [0.2, 0.25) is 0 Å². The Labute approximate surface area is 74.4 Å². The average molecular weight is 208 g/mol. The van der Waals surface area contributed by atoms with Gasteiger partial charge in [-0.3, -0.25) is 4.11 Å². The fraction of sp³-hybridized carbons (Fsp3) is 0.250. The summed E-state index contributed by atoms with van der Waals surface area (Å²) in [6.45, 7) is 0.655. The van der Waals surface area contributed by atoms with Crippen LogP contribution in [-0.2, 0) is 0 Å². The molecule has 0 spiro atoms. The smallest absolute Gasteiger partial charge is 0.297 e. The van der Waals surface area contributed by atoms with Crippen LogP contribution in [0.3, 0.4) is 0 Å². The maximum atomic E-state index is 13.3. The van der Waals surface area contributed by atoms with E-state index in [1.807, 2.05) is 0 Å². The van der Waals surface area contributed by atoms with Gasteiger partial charge >= 0.3 is 14.2 Å². The second kappa shape index (κ2) is 3.14. The standard InChI is InChI=1S/C8H8F4Si/c1-13(12,8(9,10)11)7-5-3-2-4-6-7/h2-6H,1H3. The Balaban J connectivity index is 3.08. The number of halogens is 4. The molecule has 1 aromatic carbocycles. The van der Waals surface area contributed by atoms with Crippen LogP contribution >= 0.6 is 0 Å². The Morgan fingerprint density at radius 2 is 1.54 bits per heavy atom. The molecular formula is C8H8F4Si. The Morgan fingerprint density at radius 1 is 1.08 bits per heavy atom. The highest BCUT2D eigenvalue weighted by Crippen LogP contribution is 2.29. The van der Waals surface area contributed by atoms with Crippen molar-refractivity contribution in [2.24, 2.45) is 0 Å². The molecule has 0 fully saturated rings. The first-order valence-electron chi connectivity index (χ1n) is 3.67. The number of benzene rings is 1. The van der Waals surface area contributed by atoms with E-state index in [1.54, 1.807) is 6.07 Å². The van der Waals surface area contributed by atoms with Crippen LogP contribution in [0.2, 0.25) is 6.55 Å². The number of rotatable bonds is 1. The summed E-state index contributed by atoms with van der Waals surface area (Å²) in [5.41, 5.74) is 0. The molecule has 1 rings (SSSR count). The van der Waals surface area contributed by atoms with E-state index in [-0.39, 0.29) is 5.19 Å². The fourth-order valence-electron chi connectivity index (χ4n) is 0.915. The molecule has 1 aromatic rings. The van der Waals surface area contributed by atoms with E-state index in [4.69, 9.17) is 0 Å². The number of hydrogen-bond acceptors (Lipinski definition) is 0. The lowest BCUT2D eigenvalue weighted by Gasteiger charge is -2.20. The van der Waals surface area contributed by atoms with E-state index >= 15 is 0 Å². The van der Waals surface area contributed by atoms with Gasteiger partial charge in [0.15, 0.2) is 0 Å². The lowest BCUT2D eigenvalue weighted by Crippen LogP contribution is -2.54. The van der Waals surface area contributed by atoms with E-state index in [0.29, 0.717) is 6.55 Å². The molecule has 0 aliphatic rings. The summed E-state index contributed by atoms with van der Waals surface area (Å²) >= 11 is 0. The number of alkyl halides is 3. The molecule has 0 bridgehead atoms. The third-order valence-electron chi connectivity index (χ3n) is 1.85.